The normalized spacial score (nSPS) is 11.1. The van der Waals surface area contributed by atoms with Crippen molar-refractivity contribution in [2.24, 2.45) is 7.05 Å². The summed E-state index contributed by atoms with van der Waals surface area (Å²) in [7, 11) is 1.67. The van der Waals surface area contributed by atoms with Crippen LogP contribution in [0.2, 0.25) is 0 Å². The molecule has 8 nitrogen and oxygen atoms in total. The molecule has 28 heavy (non-hydrogen) atoms. The molecule has 1 aromatic carbocycles. The van der Waals surface area contributed by atoms with Crippen molar-refractivity contribution < 1.29 is 18.8 Å². The van der Waals surface area contributed by atoms with Gasteiger partial charge in [-0.15, -0.1) is 10.2 Å². The van der Waals surface area contributed by atoms with Crippen molar-refractivity contribution in [3.63, 3.8) is 0 Å². The molecule has 11 heteroatoms. The standard InChI is InChI=1S/C17H12F2N6O2S/c1-24-15(12-8-20-13-4-2-3-5-25(12)13)21-22-17(24)28-14-10(18)6-9(7-11(14)19)16(26)23-27/h2-8,27H,1H3,(H,23,26). The second-order valence-electron chi connectivity index (χ2n) is 5.75. The lowest BCUT2D eigenvalue weighted by molar-refractivity contribution is 0.0705. The molecule has 0 saturated heterocycles. The van der Waals surface area contributed by atoms with E-state index >= 15 is 0 Å². The minimum atomic E-state index is -1.01. The zero-order valence-corrected chi connectivity index (χ0v) is 15.1. The second kappa shape index (κ2) is 7.02. The van der Waals surface area contributed by atoms with Gasteiger partial charge in [-0.2, -0.15) is 0 Å². The molecule has 142 valence electrons. The van der Waals surface area contributed by atoms with Crippen molar-refractivity contribution in [1.29, 1.82) is 0 Å². The molecule has 3 aromatic heterocycles. The van der Waals surface area contributed by atoms with Crippen LogP contribution in [0, 0.1) is 11.6 Å². The number of rotatable bonds is 4. The highest BCUT2D eigenvalue weighted by molar-refractivity contribution is 7.99. The van der Waals surface area contributed by atoms with Crippen LogP contribution in [0.5, 0.6) is 0 Å². The maximum atomic E-state index is 14.3. The van der Waals surface area contributed by atoms with Gasteiger partial charge in [0, 0.05) is 18.8 Å². The predicted molar refractivity (Wildman–Crippen MR) is 94.9 cm³/mol. The lowest BCUT2D eigenvalue weighted by Gasteiger charge is -2.07. The topological polar surface area (TPSA) is 97.3 Å². The number of nitrogens with zero attached hydrogens (tertiary/aromatic N) is 5. The van der Waals surface area contributed by atoms with E-state index in [1.807, 2.05) is 28.8 Å². The summed E-state index contributed by atoms with van der Waals surface area (Å²) < 4.78 is 32.1. The lowest BCUT2D eigenvalue weighted by atomic mass is 10.2. The van der Waals surface area contributed by atoms with Crippen LogP contribution >= 0.6 is 11.8 Å². The molecule has 0 fully saturated rings. The van der Waals surface area contributed by atoms with Gasteiger partial charge in [0.2, 0.25) is 0 Å². The Kier molecular flexibility index (Phi) is 4.53. The van der Waals surface area contributed by atoms with E-state index < -0.39 is 17.5 Å². The van der Waals surface area contributed by atoms with Gasteiger partial charge < -0.3 is 4.57 Å². The average Bonchev–Trinajstić information content (AvgIpc) is 3.27. The first-order valence-corrected chi connectivity index (χ1v) is 8.74. The van der Waals surface area contributed by atoms with Crippen LogP contribution < -0.4 is 5.48 Å². The molecule has 0 bridgehead atoms. The maximum Gasteiger partial charge on any atom is 0.274 e. The number of pyridine rings is 1. The van der Waals surface area contributed by atoms with E-state index in [-0.39, 0.29) is 15.6 Å². The maximum absolute atomic E-state index is 14.3. The third-order valence-corrected chi connectivity index (χ3v) is 5.17. The molecule has 0 unspecified atom stereocenters. The van der Waals surface area contributed by atoms with Gasteiger partial charge in [-0.05, 0) is 36.0 Å². The van der Waals surface area contributed by atoms with Gasteiger partial charge >= 0.3 is 0 Å². The SMILES string of the molecule is Cn1c(Sc2c(F)cc(C(=O)NO)cc2F)nnc1-c1cnc2ccccn12. The zero-order chi connectivity index (χ0) is 19.8. The number of hydrogen-bond acceptors (Lipinski definition) is 6. The second-order valence-corrected chi connectivity index (χ2v) is 6.73. The number of halogens is 2. The Bertz CT molecular complexity index is 1180. The summed E-state index contributed by atoms with van der Waals surface area (Å²) in [4.78, 5) is 15.3. The molecule has 0 aliphatic carbocycles. The average molecular weight is 402 g/mol. The number of benzene rings is 1. The Morgan fingerprint density at radius 3 is 2.68 bits per heavy atom. The molecule has 0 aliphatic heterocycles. The quantitative estimate of drug-likeness (QED) is 0.402. The number of nitrogens with one attached hydrogen (secondary N) is 1. The van der Waals surface area contributed by atoms with Crippen LogP contribution in [-0.2, 0) is 7.05 Å². The van der Waals surface area contributed by atoms with Crippen LogP contribution in [0.1, 0.15) is 10.4 Å². The molecule has 0 spiro atoms. The highest BCUT2D eigenvalue weighted by Gasteiger charge is 2.20. The number of fused-ring (bicyclic) bond motifs is 1. The molecular formula is C17H12F2N6O2S. The fourth-order valence-corrected chi connectivity index (χ4v) is 3.47. The first-order chi connectivity index (χ1) is 13.5. The molecule has 4 rings (SSSR count). The van der Waals surface area contributed by atoms with Gasteiger partial charge in [0.15, 0.2) is 11.0 Å². The number of imidazole rings is 1. The molecule has 0 atom stereocenters. The Morgan fingerprint density at radius 1 is 1.21 bits per heavy atom. The van der Waals surface area contributed by atoms with Gasteiger partial charge in [-0.1, -0.05) is 6.07 Å². The summed E-state index contributed by atoms with van der Waals surface area (Å²) >= 11 is 0.734. The van der Waals surface area contributed by atoms with E-state index in [2.05, 4.69) is 15.2 Å². The van der Waals surface area contributed by atoms with Gasteiger partial charge in [0.25, 0.3) is 5.91 Å². The van der Waals surface area contributed by atoms with Crippen molar-refractivity contribution in [2.45, 2.75) is 10.1 Å². The fourth-order valence-electron chi connectivity index (χ4n) is 2.67. The largest absolute Gasteiger partial charge is 0.304 e. The summed E-state index contributed by atoms with van der Waals surface area (Å²) in [5.41, 5.74) is 2.39. The summed E-state index contributed by atoms with van der Waals surface area (Å²) in [5, 5.41) is 17.0. The Balaban J connectivity index is 1.70. The van der Waals surface area contributed by atoms with Crippen LogP contribution in [0.3, 0.4) is 0 Å². The number of amides is 1. The minimum absolute atomic E-state index is 0.248. The van der Waals surface area contributed by atoms with Gasteiger partial charge in [-0.25, -0.2) is 19.2 Å². The number of carbonyl (C=O) groups excluding carboxylic acids is 1. The number of hydrogen-bond donors (Lipinski definition) is 2. The summed E-state index contributed by atoms with van der Waals surface area (Å²) in [5.74, 6) is -2.45. The molecular weight excluding hydrogens is 390 g/mol. The first kappa shape index (κ1) is 18.1. The summed E-state index contributed by atoms with van der Waals surface area (Å²) in [6, 6.07) is 7.21. The molecule has 1 amide bonds. The fraction of sp³-hybridized carbons (Fsp3) is 0.0588. The van der Waals surface area contributed by atoms with E-state index in [0.717, 1.165) is 29.5 Å². The van der Waals surface area contributed by atoms with Crippen LogP contribution in [-0.4, -0.2) is 35.3 Å². The van der Waals surface area contributed by atoms with E-state index in [4.69, 9.17) is 5.21 Å². The highest BCUT2D eigenvalue weighted by Crippen LogP contribution is 2.33. The molecule has 3 heterocycles. The van der Waals surface area contributed by atoms with E-state index in [9.17, 15) is 13.6 Å². The Morgan fingerprint density at radius 2 is 1.96 bits per heavy atom. The zero-order valence-electron chi connectivity index (χ0n) is 14.3. The van der Waals surface area contributed by atoms with Crippen LogP contribution in [0.4, 0.5) is 8.78 Å². The van der Waals surface area contributed by atoms with Crippen molar-refractivity contribution in [1.82, 2.24) is 29.6 Å². The third-order valence-electron chi connectivity index (χ3n) is 4.04. The first-order valence-electron chi connectivity index (χ1n) is 7.92. The monoisotopic (exact) mass is 402 g/mol. The number of carbonyl (C=O) groups is 1. The van der Waals surface area contributed by atoms with Gasteiger partial charge in [-0.3, -0.25) is 14.4 Å². The minimum Gasteiger partial charge on any atom is -0.304 e. The molecule has 0 radical (unpaired) electrons. The van der Waals surface area contributed by atoms with E-state index in [1.54, 1.807) is 17.8 Å². The summed E-state index contributed by atoms with van der Waals surface area (Å²) in [6.45, 7) is 0. The Labute approximate surface area is 160 Å². The van der Waals surface area contributed by atoms with E-state index in [0.29, 0.717) is 11.5 Å². The molecule has 2 N–H and O–H groups in total. The smallest absolute Gasteiger partial charge is 0.274 e. The predicted octanol–water partition coefficient (Wildman–Crippen LogP) is 2.68. The summed E-state index contributed by atoms with van der Waals surface area (Å²) in [6.07, 6.45) is 3.46. The van der Waals surface area contributed by atoms with Crippen molar-refractivity contribution >= 4 is 23.3 Å². The van der Waals surface area contributed by atoms with Gasteiger partial charge in [0.1, 0.15) is 23.0 Å². The molecule has 0 aliphatic rings. The van der Waals surface area contributed by atoms with Crippen LogP contribution in [0.15, 0.2) is 52.8 Å². The van der Waals surface area contributed by atoms with E-state index in [1.165, 1.54) is 5.48 Å². The number of aromatic nitrogens is 5. The van der Waals surface area contributed by atoms with Crippen molar-refractivity contribution in [3.05, 3.63) is 59.9 Å². The van der Waals surface area contributed by atoms with Gasteiger partial charge in [0.05, 0.1) is 11.1 Å². The molecule has 0 saturated carbocycles. The van der Waals surface area contributed by atoms with Crippen molar-refractivity contribution in [2.75, 3.05) is 0 Å². The highest BCUT2D eigenvalue weighted by atomic mass is 32.2. The number of hydroxylamine groups is 1. The van der Waals surface area contributed by atoms with Crippen LogP contribution in [0.25, 0.3) is 17.2 Å². The third kappa shape index (κ3) is 3.00. The Hall–Kier alpha value is -3.31. The van der Waals surface area contributed by atoms with Crippen molar-refractivity contribution in [3.8, 4) is 11.5 Å². The molecule has 4 aromatic rings. The lowest BCUT2D eigenvalue weighted by Crippen LogP contribution is -2.19.